The Morgan fingerprint density at radius 3 is 2.31 bits per heavy atom. The van der Waals surface area contributed by atoms with Gasteiger partial charge < -0.3 is 14.2 Å². The summed E-state index contributed by atoms with van der Waals surface area (Å²) in [6.45, 7) is -0.0736. The molecule has 0 saturated carbocycles. The molecule has 0 aliphatic heterocycles. The first-order valence-corrected chi connectivity index (χ1v) is 12.4. The van der Waals surface area contributed by atoms with Gasteiger partial charge in [0, 0.05) is 0 Å². The molecule has 9 nitrogen and oxygen atoms in total. The topological polar surface area (TPSA) is 107 Å². The van der Waals surface area contributed by atoms with Crippen molar-refractivity contribution < 1.29 is 27.4 Å². The fourth-order valence-electron chi connectivity index (χ4n) is 3.18. The zero-order chi connectivity index (χ0) is 25.3. The van der Waals surface area contributed by atoms with Gasteiger partial charge in [0.1, 0.15) is 18.9 Å². The second-order valence-corrected chi connectivity index (χ2v) is 9.33. The van der Waals surface area contributed by atoms with Gasteiger partial charge in [-0.2, -0.15) is 5.10 Å². The van der Waals surface area contributed by atoms with Crippen molar-refractivity contribution in [2.75, 3.05) is 31.3 Å². The number of hydrazone groups is 1. The highest BCUT2D eigenvalue weighted by Gasteiger charge is 2.23. The van der Waals surface area contributed by atoms with Gasteiger partial charge in [0.2, 0.25) is 10.0 Å². The summed E-state index contributed by atoms with van der Waals surface area (Å²) < 4.78 is 42.0. The number of carbonyl (C=O) groups is 1. The smallest absolute Gasteiger partial charge is 0.260 e. The number of anilines is 1. The molecule has 3 aromatic rings. The maximum absolute atomic E-state index is 12.4. The predicted molar refractivity (Wildman–Crippen MR) is 135 cm³/mol. The van der Waals surface area contributed by atoms with Gasteiger partial charge in [0.25, 0.3) is 5.91 Å². The first kappa shape index (κ1) is 25.6. The maximum Gasteiger partial charge on any atom is 0.260 e. The summed E-state index contributed by atoms with van der Waals surface area (Å²) in [4.78, 5) is 12.4. The third kappa shape index (κ3) is 7.21. The van der Waals surface area contributed by atoms with Gasteiger partial charge in [-0.05, 0) is 41.5 Å². The van der Waals surface area contributed by atoms with Crippen LogP contribution in [0.25, 0.3) is 0 Å². The van der Waals surface area contributed by atoms with Crippen LogP contribution in [0.2, 0.25) is 0 Å². The van der Waals surface area contributed by atoms with E-state index in [2.05, 4.69) is 10.5 Å². The molecular formula is C25H27N3O6S. The minimum atomic E-state index is -3.75. The molecule has 0 fully saturated rings. The summed E-state index contributed by atoms with van der Waals surface area (Å²) in [6.07, 6.45) is 2.44. The molecule has 0 radical (unpaired) electrons. The standard InChI is InChI=1S/C25H27N3O6S/c1-32-22-12-8-7-11-21(22)28(35(3,30)31)17-25(29)27-26-16-20-13-14-23(24(15-20)33-2)34-18-19-9-5-4-6-10-19/h4-16H,17-18H2,1-3H3,(H,27,29)/b26-16-. The van der Waals surface area contributed by atoms with Gasteiger partial charge in [-0.3, -0.25) is 9.10 Å². The maximum atomic E-state index is 12.4. The van der Waals surface area contributed by atoms with E-state index in [1.807, 2.05) is 30.3 Å². The molecule has 35 heavy (non-hydrogen) atoms. The molecule has 10 heteroatoms. The number of hydrogen-bond acceptors (Lipinski definition) is 7. The largest absolute Gasteiger partial charge is 0.495 e. The lowest BCUT2D eigenvalue weighted by Crippen LogP contribution is -2.39. The fourth-order valence-corrected chi connectivity index (χ4v) is 4.04. The fraction of sp³-hybridized carbons (Fsp3) is 0.200. The van der Waals surface area contributed by atoms with E-state index in [1.54, 1.807) is 42.5 Å². The van der Waals surface area contributed by atoms with Crippen molar-refractivity contribution in [2.24, 2.45) is 5.10 Å². The monoisotopic (exact) mass is 497 g/mol. The van der Waals surface area contributed by atoms with Crippen LogP contribution in [-0.2, 0) is 21.4 Å². The van der Waals surface area contributed by atoms with Crippen LogP contribution in [0, 0.1) is 0 Å². The van der Waals surface area contributed by atoms with Crippen LogP contribution in [0.1, 0.15) is 11.1 Å². The van der Waals surface area contributed by atoms with Crippen molar-refractivity contribution >= 4 is 27.8 Å². The van der Waals surface area contributed by atoms with Crippen LogP contribution in [0.3, 0.4) is 0 Å². The summed E-state index contributed by atoms with van der Waals surface area (Å²) in [7, 11) is -0.793. The summed E-state index contributed by atoms with van der Waals surface area (Å²) >= 11 is 0. The third-order valence-corrected chi connectivity index (χ3v) is 6.00. The second kappa shape index (κ2) is 11.9. The Morgan fingerprint density at radius 2 is 1.63 bits per heavy atom. The normalized spacial score (nSPS) is 11.2. The first-order chi connectivity index (χ1) is 16.8. The molecule has 0 aliphatic carbocycles. The lowest BCUT2D eigenvalue weighted by atomic mass is 10.2. The summed E-state index contributed by atoms with van der Waals surface area (Å²) in [6, 6.07) is 21.5. The highest BCUT2D eigenvalue weighted by molar-refractivity contribution is 7.92. The Kier molecular flexibility index (Phi) is 8.69. The minimum absolute atomic E-state index is 0.257. The molecule has 0 heterocycles. The highest BCUT2D eigenvalue weighted by atomic mass is 32.2. The van der Waals surface area contributed by atoms with E-state index in [1.165, 1.54) is 20.4 Å². The SMILES string of the molecule is COc1cc(/C=N\NC(=O)CN(c2ccccc2OC)S(C)(=O)=O)ccc1OCc1ccccc1. The van der Waals surface area contributed by atoms with Crippen LogP contribution >= 0.6 is 0 Å². The molecule has 0 atom stereocenters. The van der Waals surface area contributed by atoms with Gasteiger partial charge >= 0.3 is 0 Å². The lowest BCUT2D eigenvalue weighted by Gasteiger charge is -2.23. The van der Waals surface area contributed by atoms with Crippen LogP contribution in [-0.4, -0.2) is 47.6 Å². The highest BCUT2D eigenvalue weighted by Crippen LogP contribution is 2.30. The van der Waals surface area contributed by atoms with Crippen molar-refractivity contribution in [3.05, 3.63) is 83.9 Å². The quantitative estimate of drug-likeness (QED) is 0.322. The molecule has 0 unspecified atom stereocenters. The Morgan fingerprint density at radius 1 is 0.943 bits per heavy atom. The number of para-hydroxylation sites is 2. The molecule has 0 aliphatic rings. The second-order valence-electron chi connectivity index (χ2n) is 7.42. The molecule has 0 saturated heterocycles. The van der Waals surface area contributed by atoms with Crippen LogP contribution in [0.15, 0.2) is 77.9 Å². The van der Waals surface area contributed by atoms with Crippen molar-refractivity contribution in [1.29, 1.82) is 0 Å². The molecule has 3 aromatic carbocycles. The lowest BCUT2D eigenvalue weighted by molar-refractivity contribution is -0.119. The summed E-state index contributed by atoms with van der Waals surface area (Å²) in [5.74, 6) is 0.789. The van der Waals surface area contributed by atoms with E-state index in [0.29, 0.717) is 29.4 Å². The summed E-state index contributed by atoms with van der Waals surface area (Å²) in [5, 5.41) is 3.94. The van der Waals surface area contributed by atoms with E-state index in [9.17, 15) is 13.2 Å². The number of hydrogen-bond donors (Lipinski definition) is 1. The van der Waals surface area contributed by atoms with Gasteiger partial charge in [-0.1, -0.05) is 42.5 Å². The first-order valence-electron chi connectivity index (χ1n) is 10.6. The molecule has 0 aromatic heterocycles. The van der Waals surface area contributed by atoms with Gasteiger partial charge in [0.05, 0.1) is 32.4 Å². The number of nitrogens with one attached hydrogen (secondary N) is 1. The van der Waals surface area contributed by atoms with Gasteiger partial charge in [0.15, 0.2) is 11.5 Å². The minimum Gasteiger partial charge on any atom is -0.495 e. The van der Waals surface area contributed by atoms with E-state index in [-0.39, 0.29) is 5.69 Å². The average molecular weight is 498 g/mol. The predicted octanol–water partition coefficient (Wildman–Crippen LogP) is 3.20. The van der Waals surface area contributed by atoms with Gasteiger partial charge in [-0.25, -0.2) is 13.8 Å². The number of benzene rings is 3. The van der Waals surface area contributed by atoms with Crippen molar-refractivity contribution in [1.82, 2.24) is 5.43 Å². The van der Waals surface area contributed by atoms with Crippen molar-refractivity contribution in [3.63, 3.8) is 0 Å². The van der Waals surface area contributed by atoms with E-state index in [0.717, 1.165) is 16.1 Å². The molecule has 0 bridgehead atoms. The summed E-state index contributed by atoms with van der Waals surface area (Å²) in [5.41, 5.74) is 4.29. The average Bonchev–Trinajstić information content (AvgIpc) is 2.86. The molecule has 3 rings (SSSR count). The molecule has 1 N–H and O–H groups in total. The van der Waals surface area contributed by atoms with Crippen molar-refractivity contribution in [3.8, 4) is 17.2 Å². The Labute approximate surface area is 205 Å². The number of methoxy groups -OCH3 is 2. The van der Waals surface area contributed by atoms with Crippen molar-refractivity contribution in [2.45, 2.75) is 6.61 Å². The number of ether oxygens (including phenoxy) is 3. The zero-order valence-corrected chi connectivity index (χ0v) is 20.5. The van der Waals surface area contributed by atoms with Crippen LogP contribution < -0.4 is 23.9 Å². The third-order valence-electron chi connectivity index (χ3n) is 4.87. The van der Waals surface area contributed by atoms with Crippen LogP contribution in [0.5, 0.6) is 17.2 Å². The number of rotatable bonds is 11. The zero-order valence-electron chi connectivity index (χ0n) is 19.7. The number of carbonyl (C=O) groups excluding carboxylic acids is 1. The molecule has 0 spiro atoms. The van der Waals surface area contributed by atoms with E-state index in [4.69, 9.17) is 14.2 Å². The van der Waals surface area contributed by atoms with Crippen LogP contribution in [0.4, 0.5) is 5.69 Å². The Bertz CT molecular complexity index is 1280. The Hall–Kier alpha value is -4.05. The Balaban J connectivity index is 1.65. The molecular weight excluding hydrogens is 470 g/mol. The van der Waals surface area contributed by atoms with E-state index < -0.39 is 22.5 Å². The number of sulfonamides is 1. The van der Waals surface area contributed by atoms with E-state index >= 15 is 0 Å². The number of nitrogens with zero attached hydrogens (tertiary/aromatic N) is 2. The van der Waals surface area contributed by atoms with Gasteiger partial charge in [-0.15, -0.1) is 0 Å². The molecule has 184 valence electrons. The number of amides is 1. The molecule has 1 amide bonds.